The normalized spacial score (nSPS) is 10.2. The van der Waals surface area contributed by atoms with Crippen LogP contribution in [0.5, 0.6) is 5.75 Å². The minimum absolute atomic E-state index is 0.201. The van der Waals surface area contributed by atoms with Gasteiger partial charge in [-0.05, 0) is 54.1 Å². The van der Waals surface area contributed by atoms with E-state index in [2.05, 4.69) is 5.32 Å². The summed E-state index contributed by atoms with van der Waals surface area (Å²) >= 11 is 5.83. The third-order valence-electron chi connectivity index (χ3n) is 3.82. The van der Waals surface area contributed by atoms with Crippen LogP contribution in [0.15, 0.2) is 78.9 Å². The van der Waals surface area contributed by atoms with Crippen LogP contribution in [-0.4, -0.2) is 18.5 Å². The van der Waals surface area contributed by atoms with Crippen molar-refractivity contribution >= 4 is 29.2 Å². The first-order valence-corrected chi connectivity index (χ1v) is 8.97. The Morgan fingerprint density at radius 3 is 2.21 bits per heavy atom. The third kappa shape index (κ3) is 5.86. The number of halogens is 1. The van der Waals surface area contributed by atoms with Gasteiger partial charge in [0.2, 0.25) is 0 Å². The molecule has 0 aliphatic heterocycles. The summed E-state index contributed by atoms with van der Waals surface area (Å²) < 4.78 is 10.6. The molecule has 3 rings (SSSR count). The molecule has 3 aromatic rings. The lowest BCUT2D eigenvalue weighted by Crippen LogP contribution is -2.15. The Bertz CT molecular complexity index is 925. The monoisotopic (exact) mass is 395 g/mol. The van der Waals surface area contributed by atoms with Gasteiger partial charge < -0.3 is 14.8 Å². The Hall–Kier alpha value is -3.31. The van der Waals surface area contributed by atoms with Crippen molar-refractivity contribution in [2.24, 2.45) is 0 Å². The zero-order valence-corrected chi connectivity index (χ0v) is 15.7. The fraction of sp³-hybridized carbons (Fsp3) is 0.0909. The molecule has 6 heteroatoms. The highest BCUT2D eigenvalue weighted by atomic mass is 35.5. The molecule has 0 unspecified atom stereocenters. The highest BCUT2D eigenvalue weighted by Gasteiger charge is 2.08. The first kappa shape index (κ1) is 19.5. The first-order valence-electron chi connectivity index (χ1n) is 8.59. The molecule has 0 aliphatic rings. The smallest absolute Gasteiger partial charge is 0.344 e. The second-order valence-electron chi connectivity index (χ2n) is 5.92. The van der Waals surface area contributed by atoms with Crippen molar-refractivity contribution in [3.63, 3.8) is 0 Å². The molecule has 0 aromatic heterocycles. The highest BCUT2D eigenvalue weighted by Crippen LogP contribution is 2.16. The van der Waals surface area contributed by atoms with Gasteiger partial charge in [-0.1, -0.05) is 41.9 Å². The molecule has 0 spiro atoms. The predicted molar refractivity (Wildman–Crippen MR) is 108 cm³/mol. The van der Waals surface area contributed by atoms with Gasteiger partial charge in [0.25, 0.3) is 5.91 Å². The lowest BCUT2D eigenvalue weighted by molar-refractivity contribution is -0.147. The molecule has 28 heavy (non-hydrogen) atoms. The molecule has 0 radical (unpaired) electrons. The maximum absolute atomic E-state index is 12.2. The number of carbonyl (C=O) groups is 2. The average molecular weight is 396 g/mol. The van der Waals surface area contributed by atoms with Gasteiger partial charge in [0, 0.05) is 16.3 Å². The minimum Gasteiger partial charge on any atom is -0.482 e. The first-order chi connectivity index (χ1) is 13.6. The summed E-state index contributed by atoms with van der Waals surface area (Å²) in [6.07, 6.45) is 0. The molecule has 0 saturated heterocycles. The Labute approximate surface area is 167 Å². The number of hydrogen-bond donors (Lipinski definition) is 1. The van der Waals surface area contributed by atoms with Crippen molar-refractivity contribution < 1.29 is 19.1 Å². The summed E-state index contributed by atoms with van der Waals surface area (Å²) in [5.74, 6) is -0.246. The van der Waals surface area contributed by atoms with E-state index in [1.54, 1.807) is 48.5 Å². The number of anilines is 1. The molecular formula is C22H18ClNO4. The Kier molecular flexibility index (Phi) is 6.65. The lowest BCUT2D eigenvalue weighted by atomic mass is 10.2. The van der Waals surface area contributed by atoms with Crippen LogP contribution in [0.2, 0.25) is 5.02 Å². The number of hydrogen-bond acceptors (Lipinski definition) is 4. The van der Waals surface area contributed by atoms with E-state index in [1.165, 1.54) is 0 Å². The van der Waals surface area contributed by atoms with Crippen LogP contribution in [0.3, 0.4) is 0 Å². The number of amides is 1. The van der Waals surface area contributed by atoms with Gasteiger partial charge in [-0.25, -0.2) is 4.79 Å². The number of esters is 1. The zero-order chi connectivity index (χ0) is 19.8. The van der Waals surface area contributed by atoms with Gasteiger partial charge in [-0.3, -0.25) is 4.79 Å². The van der Waals surface area contributed by atoms with E-state index in [0.29, 0.717) is 22.0 Å². The van der Waals surface area contributed by atoms with Crippen LogP contribution < -0.4 is 10.1 Å². The zero-order valence-electron chi connectivity index (χ0n) is 14.9. The number of benzene rings is 3. The number of nitrogens with one attached hydrogen (secondary N) is 1. The minimum atomic E-state index is -0.464. The fourth-order valence-electron chi connectivity index (χ4n) is 2.36. The number of rotatable bonds is 7. The topological polar surface area (TPSA) is 64.6 Å². The Morgan fingerprint density at radius 2 is 1.54 bits per heavy atom. The fourth-order valence-corrected chi connectivity index (χ4v) is 2.49. The molecule has 3 aromatic carbocycles. The van der Waals surface area contributed by atoms with E-state index in [4.69, 9.17) is 21.1 Å². The van der Waals surface area contributed by atoms with Crippen LogP contribution in [0, 0.1) is 0 Å². The summed E-state index contributed by atoms with van der Waals surface area (Å²) in [4.78, 5) is 24.0. The summed E-state index contributed by atoms with van der Waals surface area (Å²) in [6.45, 7) is -0.00398. The van der Waals surface area contributed by atoms with Gasteiger partial charge in [-0.2, -0.15) is 0 Å². The molecule has 0 atom stereocenters. The molecule has 0 bridgehead atoms. The van der Waals surface area contributed by atoms with Gasteiger partial charge in [0.1, 0.15) is 12.4 Å². The van der Waals surface area contributed by atoms with E-state index in [-0.39, 0.29) is 19.1 Å². The predicted octanol–water partition coefficient (Wildman–Crippen LogP) is 4.71. The summed E-state index contributed by atoms with van der Waals surface area (Å²) in [6, 6.07) is 22.7. The maximum Gasteiger partial charge on any atom is 0.344 e. The average Bonchev–Trinajstić information content (AvgIpc) is 2.73. The molecule has 0 saturated carbocycles. The van der Waals surface area contributed by atoms with Crippen molar-refractivity contribution in [1.82, 2.24) is 0 Å². The van der Waals surface area contributed by atoms with Crippen LogP contribution in [0.4, 0.5) is 5.69 Å². The number of carbonyl (C=O) groups excluding carboxylic acids is 2. The molecule has 0 aliphatic carbocycles. The van der Waals surface area contributed by atoms with Crippen molar-refractivity contribution in [3.05, 3.63) is 95.0 Å². The second kappa shape index (κ2) is 9.58. The largest absolute Gasteiger partial charge is 0.482 e. The Balaban J connectivity index is 1.46. The van der Waals surface area contributed by atoms with Gasteiger partial charge >= 0.3 is 5.97 Å². The van der Waals surface area contributed by atoms with Gasteiger partial charge in [0.15, 0.2) is 6.61 Å². The van der Waals surface area contributed by atoms with E-state index in [0.717, 1.165) is 5.56 Å². The molecule has 1 amide bonds. The molecule has 142 valence electrons. The lowest BCUT2D eigenvalue weighted by Gasteiger charge is -2.08. The summed E-state index contributed by atoms with van der Waals surface area (Å²) in [7, 11) is 0. The molecule has 0 fully saturated rings. The van der Waals surface area contributed by atoms with Gasteiger partial charge in [0.05, 0.1) is 0 Å². The Morgan fingerprint density at radius 1 is 0.857 bits per heavy atom. The van der Waals surface area contributed by atoms with Crippen LogP contribution >= 0.6 is 11.6 Å². The van der Waals surface area contributed by atoms with E-state index in [1.807, 2.05) is 30.3 Å². The van der Waals surface area contributed by atoms with Crippen molar-refractivity contribution in [1.29, 1.82) is 0 Å². The highest BCUT2D eigenvalue weighted by molar-refractivity contribution is 6.30. The number of ether oxygens (including phenoxy) is 2. The van der Waals surface area contributed by atoms with E-state index in [9.17, 15) is 9.59 Å². The summed E-state index contributed by atoms with van der Waals surface area (Å²) in [5, 5.41) is 3.37. The molecule has 1 N–H and O–H groups in total. The molecular weight excluding hydrogens is 378 g/mol. The maximum atomic E-state index is 12.2. The summed E-state index contributed by atoms with van der Waals surface area (Å²) in [5.41, 5.74) is 2.02. The van der Waals surface area contributed by atoms with Crippen molar-refractivity contribution in [2.75, 3.05) is 11.9 Å². The molecule has 0 heterocycles. The van der Waals surface area contributed by atoms with E-state index < -0.39 is 5.97 Å². The quantitative estimate of drug-likeness (QED) is 0.588. The standard InChI is InChI=1S/C22H18ClNO4/c23-18-8-10-19(11-9-18)24-22(26)17-6-12-20(13-7-17)27-15-21(25)28-14-16-4-2-1-3-5-16/h1-13H,14-15H2,(H,24,26). The van der Waals surface area contributed by atoms with Crippen LogP contribution in [-0.2, 0) is 16.1 Å². The second-order valence-corrected chi connectivity index (χ2v) is 6.36. The van der Waals surface area contributed by atoms with Crippen LogP contribution in [0.1, 0.15) is 15.9 Å². The van der Waals surface area contributed by atoms with E-state index >= 15 is 0 Å². The van der Waals surface area contributed by atoms with Crippen molar-refractivity contribution in [3.8, 4) is 5.75 Å². The van der Waals surface area contributed by atoms with Crippen LogP contribution in [0.25, 0.3) is 0 Å². The molecule has 5 nitrogen and oxygen atoms in total. The third-order valence-corrected chi connectivity index (χ3v) is 4.07. The van der Waals surface area contributed by atoms with Gasteiger partial charge in [-0.15, -0.1) is 0 Å². The SMILES string of the molecule is O=C(COc1ccc(C(=O)Nc2ccc(Cl)cc2)cc1)OCc1ccccc1. The van der Waals surface area contributed by atoms with Crippen molar-refractivity contribution in [2.45, 2.75) is 6.61 Å².